The summed E-state index contributed by atoms with van der Waals surface area (Å²) >= 11 is 0. The zero-order valence-electron chi connectivity index (χ0n) is 17.5. The lowest BCUT2D eigenvalue weighted by Crippen LogP contribution is -2.32. The minimum atomic E-state index is -0.956. The summed E-state index contributed by atoms with van der Waals surface area (Å²) < 4.78 is 6.22. The van der Waals surface area contributed by atoms with Gasteiger partial charge in [0.2, 0.25) is 5.88 Å². The summed E-state index contributed by atoms with van der Waals surface area (Å²) in [4.78, 5) is 41.2. The maximum Gasteiger partial charge on any atom is 0.335 e. The van der Waals surface area contributed by atoms with E-state index in [0.717, 1.165) is 15.8 Å². The molecule has 1 heterocycles. The van der Waals surface area contributed by atoms with Gasteiger partial charge in [-0.05, 0) is 55.0 Å². The largest absolute Gasteiger partial charge is 0.494 e. The van der Waals surface area contributed by atoms with Crippen LogP contribution in [-0.2, 0) is 0 Å². The number of allylic oxidation sites excluding steroid dienone is 1. The predicted molar refractivity (Wildman–Crippen MR) is 120 cm³/mol. The molecule has 0 aliphatic carbocycles. The van der Waals surface area contributed by atoms with Gasteiger partial charge in [0.15, 0.2) is 5.78 Å². The second-order valence-corrected chi connectivity index (χ2v) is 6.90. The summed E-state index contributed by atoms with van der Waals surface area (Å²) in [5.41, 5.74) is -0.308. The summed E-state index contributed by atoms with van der Waals surface area (Å²) in [5, 5.41) is 10.6. The molecular weight excluding hydrogens is 398 g/mol. The van der Waals surface area contributed by atoms with Crippen LogP contribution in [0.3, 0.4) is 0 Å². The molecule has 0 radical (unpaired) electrons. The van der Waals surface area contributed by atoms with Gasteiger partial charge in [0.25, 0.3) is 5.56 Å². The van der Waals surface area contributed by atoms with Crippen LogP contribution in [0.15, 0.2) is 64.2 Å². The third kappa shape index (κ3) is 4.75. The molecular formula is C23H23N3O5. The molecule has 0 fully saturated rings. The fraction of sp³-hybridized carbons (Fsp3) is 0.174. The number of aromatic nitrogens is 2. The second kappa shape index (κ2) is 9.17. The lowest BCUT2D eigenvalue weighted by atomic mass is 10.1. The van der Waals surface area contributed by atoms with Crippen LogP contribution in [0, 0.1) is 0 Å². The minimum Gasteiger partial charge on any atom is -0.494 e. The van der Waals surface area contributed by atoms with Crippen molar-refractivity contribution in [3.8, 4) is 17.3 Å². The van der Waals surface area contributed by atoms with Crippen molar-refractivity contribution in [1.29, 1.82) is 0 Å². The Hall–Kier alpha value is -4.07. The molecule has 160 valence electrons. The van der Waals surface area contributed by atoms with Crippen LogP contribution in [0.4, 0.5) is 5.69 Å². The zero-order valence-corrected chi connectivity index (χ0v) is 17.5. The van der Waals surface area contributed by atoms with Crippen molar-refractivity contribution in [3.05, 3.63) is 86.6 Å². The molecule has 0 saturated carbocycles. The average Bonchev–Trinajstić information content (AvgIpc) is 2.73. The van der Waals surface area contributed by atoms with E-state index in [0.29, 0.717) is 12.4 Å². The molecule has 8 nitrogen and oxygen atoms in total. The Labute approximate surface area is 178 Å². The van der Waals surface area contributed by atoms with Gasteiger partial charge in [-0.1, -0.05) is 18.2 Å². The van der Waals surface area contributed by atoms with Gasteiger partial charge in [0.05, 0.1) is 12.3 Å². The molecule has 0 bridgehead atoms. The molecule has 2 N–H and O–H groups in total. The van der Waals surface area contributed by atoms with E-state index in [1.807, 2.05) is 50.2 Å². The number of ether oxygens (including phenoxy) is 1. The van der Waals surface area contributed by atoms with Crippen molar-refractivity contribution in [3.63, 3.8) is 0 Å². The van der Waals surface area contributed by atoms with Gasteiger partial charge in [-0.15, -0.1) is 0 Å². The number of ketones is 1. The molecule has 0 atom stereocenters. The number of benzene rings is 2. The third-order valence-corrected chi connectivity index (χ3v) is 4.57. The van der Waals surface area contributed by atoms with Crippen LogP contribution in [0.5, 0.6) is 11.6 Å². The van der Waals surface area contributed by atoms with Crippen LogP contribution >= 0.6 is 0 Å². The Morgan fingerprint density at radius 2 is 1.74 bits per heavy atom. The average molecular weight is 421 g/mol. The Kier molecular flexibility index (Phi) is 6.40. The Morgan fingerprint density at radius 1 is 1.10 bits per heavy atom. The van der Waals surface area contributed by atoms with Gasteiger partial charge in [-0.3, -0.25) is 14.6 Å². The van der Waals surface area contributed by atoms with Crippen LogP contribution in [-0.4, -0.2) is 41.1 Å². The number of aromatic amines is 1. The molecule has 0 unspecified atom stereocenters. The smallest absolute Gasteiger partial charge is 0.335 e. The van der Waals surface area contributed by atoms with Crippen molar-refractivity contribution in [2.75, 3.05) is 25.6 Å². The number of nitrogens with one attached hydrogen (secondary N) is 1. The summed E-state index contributed by atoms with van der Waals surface area (Å²) in [6.07, 6.45) is 2.72. The highest BCUT2D eigenvalue weighted by atomic mass is 16.5. The molecule has 0 aliphatic rings. The van der Waals surface area contributed by atoms with Crippen LogP contribution < -0.4 is 20.9 Å². The lowest BCUT2D eigenvalue weighted by molar-refractivity contribution is 0.104. The minimum absolute atomic E-state index is 0.277. The summed E-state index contributed by atoms with van der Waals surface area (Å²) in [6.45, 7) is 2.32. The predicted octanol–water partition coefficient (Wildman–Crippen LogP) is 2.59. The number of aromatic hydroxyl groups is 1. The highest BCUT2D eigenvalue weighted by Gasteiger charge is 2.20. The molecule has 3 aromatic rings. The second-order valence-electron chi connectivity index (χ2n) is 6.90. The van der Waals surface area contributed by atoms with Gasteiger partial charge < -0.3 is 14.7 Å². The molecule has 0 aliphatic heterocycles. The first-order valence-electron chi connectivity index (χ1n) is 9.63. The number of nitrogens with zero attached hydrogens (tertiary/aromatic N) is 2. The number of carbonyl (C=O) groups excluding carboxylic acids is 1. The van der Waals surface area contributed by atoms with Crippen molar-refractivity contribution in [2.45, 2.75) is 6.92 Å². The topological polar surface area (TPSA) is 105 Å². The molecule has 31 heavy (non-hydrogen) atoms. The summed E-state index contributed by atoms with van der Waals surface area (Å²) in [6, 6.07) is 13.8. The van der Waals surface area contributed by atoms with E-state index in [4.69, 9.17) is 4.74 Å². The molecule has 1 aromatic heterocycles. The van der Waals surface area contributed by atoms with Gasteiger partial charge in [0.1, 0.15) is 11.3 Å². The fourth-order valence-corrected chi connectivity index (χ4v) is 2.98. The number of H-pyrrole nitrogens is 1. The normalized spacial score (nSPS) is 10.9. The van der Waals surface area contributed by atoms with Crippen molar-refractivity contribution in [1.82, 2.24) is 9.55 Å². The molecule has 0 amide bonds. The van der Waals surface area contributed by atoms with Crippen molar-refractivity contribution < 1.29 is 14.6 Å². The van der Waals surface area contributed by atoms with Gasteiger partial charge >= 0.3 is 5.69 Å². The van der Waals surface area contributed by atoms with Crippen LogP contribution in [0.1, 0.15) is 22.8 Å². The number of hydrogen-bond donors (Lipinski definition) is 2. The molecule has 3 rings (SSSR count). The monoisotopic (exact) mass is 421 g/mol. The first-order chi connectivity index (χ1) is 14.8. The van der Waals surface area contributed by atoms with Gasteiger partial charge in [0, 0.05) is 19.8 Å². The van der Waals surface area contributed by atoms with Crippen molar-refractivity contribution in [2.24, 2.45) is 0 Å². The lowest BCUT2D eigenvalue weighted by Gasteiger charge is -2.12. The van der Waals surface area contributed by atoms with E-state index in [1.54, 1.807) is 24.3 Å². The van der Waals surface area contributed by atoms with E-state index < -0.39 is 28.5 Å². The maximum atomic E-state index is 12.7. The molecule has 0 spiro atoms. The molecule has 8 heteroatoms. The number of anilines is 1. The highest BCUT2D eigenvalue weighted by Crippen LogP contribution is 2.20. The number of carbonyl (C=O) groups is 1. The van der Waals surface area contributed by atoms with E-state index >= 15 is 0 Å². The maximum absolute atomic E-state index is 12.7. The Balaban J connectivity index is 1.95. The summed E-state index contributed by atoms with van der Waals surface area (Å²) in [7, 11) is 3.84. The van der Waals surface area contributed by atoms with Crippen molar-refractivity contribution >= 4 is 17.5 Å². The van der Waals surface area contributed by atoms with E-state index in [1.165, 1.54) is 12.2 Å². The SMILES string of the molecule is CCOc1ccc(-n2c(O)c(C(=O)C=Cc3ccc(N(C)C)cc3)c(=O)[nH]c2=O)cc1. The fourth-order valence-electron chi connectivity index (χ4n) is 2.98. The van der Waals surface area contributed by atoms with Gasteiger partial charge in [-0.2, -0.15) is 0 Å². The number of hydrogen-bond acceptors (Lipinski definition) is 6. The number of rotatable bonds is 7. The summed E-state index contributed by atoms with van der Waals surface area (Å²) in [5.74, 6) is -0.867. The molecule has 0 saturated heterocycles. The Morgan fingerprint density at radius 3 is 2.32 bits per heavy atom. The highest BCUT2D eigenvalue weighted by molar-refractivity contribution is 6.08. The quantitative estimate of drug-likeness (QED) is 0.449. The van der Waals surface area contributed by atoms with E-state index in [2.05, 4.69) is 4.98 Å². The van der Waals surface area contributed by atoms with Crippen LogP contribution in [0.2, 0.25) is 0 Å². The molecule has 2 aromatic carbocycles. The van der Waals surface area contributed by atoms with E-state index in [9.17, 15) is 19.5 Å². The van der Waals surface area contributed by atoms with Crippen LogP contribution in [0.25, 0.3) is 11.8 Å². The third-order valence-electron chi connectivity index (χ3n) is 4.57. The van der Waals surface area contributed by atoms with Gasteiger partial charge in [-0.25, -0.2) is 9.36 Å². The Bertz CT molecular complexity index is 1220. The first-order valence-corrected chi connectivity index (χ1v) is 9.63. The first kappa shape index (κ1) is 21.6. The van der Waals surface area contributed by atoms with E-state index in [-0.39, 0.29) is 5.69 Å². The zero-order chi connectivity index (χ0) is 22.5. The standard InChI is InChI=1S/C23H23N3O5/c1-4-31-18-12-10-17(11-13-18)26-22(29)20(21(28)24-23(26)30)19(27)14-7-15-5-8-16(9-6-15)25(2)3/h5-14,29H,4H2,1-3H3,(H,24,28,30).